The summed E-state index contributed by atoms with van der Waals surface area (Å²) in [6.45, 7) is -0.339. The number of hydrogen-bond acceptors (Lipinski definition) is 2. The van der Waals surface area contributed by atoms with Crippen molar-refractivity contribution in [1.82, 2.24) is 9.13 Å². The van der Waals surface area contributed by atoms with Crippen molar-refractivity contribution in [2.45, 2.75) is 19.3 Å². The van der Waals surface area contributed by atoms with E-state index < -0.39 is 11.7 Å². The molecule has 1 heterocycles. The van der Waals surface area contributed by atoms with Crippen LogP contribution in [0.25, 0.3) is 11.0 Å². The maximum atomic E-state index is 13.5. The minimum Gasteiger partial charge on any atom is -0.306 e. The number of hydrogen-bond donors (Lipinski definition) is 1. The first-order valence-electron chi connectivity index (χ1n) is 9.53. The monoisotopic (exact) mass is 477 g/mol. The number of nitrogens with zero attached hydrogens (tertiary/aromatic N) is 2. The molecule has 0 spiro atoms. The molecule has 4 rings (SSSR count). The lowest BCUT2D eigenvalue weighted by molar-refractivity contribution is -0.138. The third-order valence-corrected chi connectivity index (χ3v) is 5.91. The number of carbonyl (C=O) groups excluding carboxylic acids is 1. The second-order valence-corrected chi connectivity index (χ2v) is 8.01. The van der Waals surface area contributed by atoms with Gasteiger partial charge in [-0.1, -0.05) is 53.5 Å². The van der Waals surface area contributed by atoms with Crippen LogP contribution in [-0.4, -0.2) is 14.9 Å². The van der Waals surface area contributed by atoms with Crippen molar-refractivity contribution in [1.29, 1.82) is 5.41 Å². The predicted octanol–water partition coefficient (Wildman–Crippen LogP) is 6.18. The first-order valence-corrected chi connectivity index (χ1v) is 10.3. The van der Waals surface area contributed by atoms with E-state index in [0.29, 0.717) is 21.6 Å². The molecule has 0 unspecified atom stereocenters. The van der Waals surface area contributed by atoms with Gasteiger partial charge in [-0.2, -0.15) is 13.2 Å². The van der Waals surface area contributed by atoms with Crippen LogP contribution in [0.15, 0.2) is 66.7 Å². The SMILES string of the molecule is N=c1n(CC(=O)c2ccc(Cl)c(Cl)c2)c2ccccc2n1Cc1ccccc1C(F)(F)F. The molecule has 9 heteroatoms. The summed E-state index contributed by atoms with van der Waals surface area (Å²) in [7, 11) is 0. The molecule has 0 fully saturated rings. The lowest BCUT2D eigenvalue weighted by Gasteiger charge is -2.13. The molecule has 4 nitrogen and oxygen atoms in total. The number of ketones is 1. The smallest absolute Gasteiger partial charge is 0.306 e. The quantitative estimate of drug-likeness (QED) is 0.343. The largest absolute Gasteiger partial charge is 0.416 e. The van der Waals surface area contributed by atoms with Crippen LogP contribution in [0.3, 0.4) is 0 Å². The summed E-state index contributed by atoms with van der Waals surface area (Å²) in [4.78, 5) is 12.9. The zero-order valence-corrected chi connectivity index (χ0v) is 18.0. The van der Waals surface area contributed by atoms with Gasteiger partial charge in [0, 0.05) is 5.56 Å². The van der Waals surface area contributed by atoms with Crippen LogP contribution >= 0.6 is 23.2 Å². The highest BCUT2D eigenvalue weighted by molar-refractivity contribution is 6.42. The molecule has 1 N–H and O–H groups in total. The van der Waals surface area contributed by atoms with Crippen molar-refractivity contribution in [3.05, 3.63) is 99.1 Å². The molecular weight excluding hydrogens is 462 g/mol. The Hall–Kier alpha value is -3.03. The second-order valence-electron chi connectivity index (χ2n) is 7.19. The maximum Gasteiger partial charge on any atom is 0.416 e. The zero-order chi connectivity index (χ0) is 23.0. The summed E-state index contributed by atoms with van der Waals surface area (Å²) in [5, 5.41) is 9.18. The van der Waals surface area contributed by atoms with Crippen molar-refractivity contribution < 1.29 is 18.0 Å². The molecule has 1 aromatic heterocycles. The number of benzene rings is 3. The summed E-state index contributed by atoms with van der Waals surface area (Å²) in [5.41, 5.74) is 0.641. The number of aromatic nitrogens is 2. The van der Waals surface area contributed by atoms with Crippen molar-refractivity contribution in [2.75, 3.05) is 0 Å². The van der Waals surface area contributed by atoms with Crippen LogP contribution in [0.5, 0.6) is 0 Å². The molecule has 0 radical (unpaired) electrons. The lowest BCUT2D eigenvalue weighted by atomic mass is 10.1. The van der Waals surface area contributed by atoms with Gasteiger partial charge in [0.05, 0.1) is 39.7 Å². The fourth-order valence-electron chi connectivity index (χ4n) is 3.62. The highest BCUT2D eigenvalue weighted by Gasteiger charge is 2.33. The summed E-state index contributed by atoms with van der Waals surface area (Å²) >= 11 is 11.9. The maximum absolute atomic E-state index is 13.5. The summed E-state index contributed by atoms with van der Waals surface area (Å²) < 4.78 is 43.3. The van der Waals surface area contributed by atoms with Crippen LogP contribution in [-0.2, 0) is 19.3 Å². The van der Waals surface area contributed by atoms with Crippen molar-refractivity contribution in [3.8, 4) is 0 Å². The Morgan fingerprint density at radius 2 is 1.50 bits per heavy atom. The van der Waals surface area contributed by atoms with Gasteiger partial charge in [-0.15, -0.1) is 0 Å². The number of fused-ring (bicyclic) bond motifs is 1. The van der Waals surface area contributed by atoms with E-state index >= 15 is 0 Å². The average molecular weight is 478 g/mol. The van der Waals surface area contributed by atoms with E-state index in [4.69, 9.17) is 28.6 Å². The van der Waals surface area contributed by atoms with E-state index in [1.807, 2.05) is 0 Å². The molecule has 0 amide bonds. The van der Waals surface area contributed by atoms with Crippen molar-refractivity contribution >= 4 is 40.0 Å². The third-order valence-electron chi connectivity index (χ3n) is 5.17. The van der Waals surface area contributed by atoms with Gasteiger partial charge in [-0.3, -0.25) is 10.2 Å². The van der Waals surface area contributed by atoms with Crippen molar-refractivity contribution in [2.24, 2.45) is 0 Å². The number of imidazole rings is 1. The molecule has 0 saturated heterocycles. The lowest BCUT2D eigenvalue weighted by Crippen LogP contribution is -2.28. The molecule has 164 valence electrons. The van der Waals surface area contributed by atoms with Gasteiger partial charge in [-0.05, 0) is 42.0 Å². The molecule has 32 heavy (non-hydrogen) atoms. The van der Waals surface area contributed by atoms with E-state index in [1.54, 1.807) is 30.3 Å². The molecule has 0 bridgehead atoms. The molecule has 3 aromatic carbocycles. The normalized spacial score (nSPS) is 11.8. The van der Waals surface area contributed by atoms with Gasteiger partial charge >= 0.3 is 6.18 Å². The second kappa shape index (κ2) is 8.48. The molecule has 0 aliphatic heterocycles. The van der Waals surface area contributed by atoms with Gasteiger partial charge in [0.25, 0.3) is 0 Å². The Kier molecular flexibility index (Phi) is 5.88. The Morgan fingerprint density at radius 1 is 0.875 bits per heavy atom. The fourth-order valence-corrected chi connectivity index (χ4v) is 3.92. The number of rotatable bonds is 5. The number of alkyl halides is 3. The zero-order valence-electron chi connectivity index (χ0n) is 16.5. The van der Waals surface area contributed by atoms with Crippen molar-refractivity contribution in [3.63, 3.8) is 0 Å². The number of halogens is 5. The molecule has 4 aromatic rings. The van der Waals surface area contributed by atoms with Gasteiger partial charge < -0.3 is 9.13 Å². The molecule has 0 atom stereocenters. The van der Waals surface area contributed by atoms with Gasteiger partial charge in [-0.25, -0.2) is 0 Å². The highest BCUT2D eigenvalue weighted by atomic mass is 35.5. The van der Waals surface area contributed by atoms with Crippen LogP contribution in [0.4, 0.5) is 13.2 Å². The third kappa shape index (κ3) is 4.18. The Bertz CT molecular complexity index is 1390. The summed E-state index contributed by atoms with van der Waals surface area (Å²) in [6, 6.07) is 16.7. The molecule has 0 aliphatic carbocycles. The Labute approximate surface area is 190 Å². The minimum absolute atomic E-state index is 0.0391. The Balaban J connectivity index is 1.77. The number of para-hydroxylation sites is 2. The van der Waals surface area contributed by atoms with E-state index in [-0.39, 0.29) is 35.1 Å². The molecule has 0 saturated carbocycles. The van der Waals surface area contributed by atoms with E-state index in [9.17, 15) is 18.0 Å². The summed E-state index contributed by atoms with van der Waals surface area (Å²) in [5.74, 6) is -0.305. The van der Waals surface area contributed by atoms with Gasteiger partial charge in [0.15, 0.2) is 5.78 Å². The standard InChI is InChI=1S/C23H16Cl2F3N3O/c24-17-10-9-14(11-18(17)25)21(32)13-31-20-8-4-3-7-19(20)30(22(31)29)12-15-5-1-2-6-16(15)23(26,27)28/h1-11,29H,12-13H2. The fraction of sp³-hybridized carbons (Fsp3) is 0.130. The number of Topliss-reactive ketones (excluding diaryl/α,β-unsaturated/α-hetero) is 1. The topological polar surface area (TPSA) is 50.8 Å². The van der Waals surface area contributed by atoms with E-state index in [0.717, 1.165) is 6.07 Å². The van der Waals surface area contributed by atoms with E-state index in [2.05, 4.69) is 0 Å². The predicted molar refractivity (Wildman–Crippen MR) is 117 cm³/mol. The highest BCUT2D eigenvalue weighted by Crippen LogP contribution is 2.32. The van der Waals surface area contributed by atoms with E-state index in [1.165, 1.54) is 39.5 Å². The van der Waals surface area contributed by atoms with Gasteiger partial charge in [0.1, 0.15) is 0 Å². The van der Waals surface area contributed by atoms with Crippen LogP contribution in [0, 0.1) is 5.41 Å². The van der Waals surface area contributed by atoms with Crippen LogP contribution < -0.4 is 5.62 Å². The minimum atomic E-state index is -4.51. The number of nitrogens with one attached hydrogen (secondary N) is 1. The Morgan fingerprint density at radius 3 is 2.16 bits per heavy atom. The van der Waals surface area contributed by atoms with Crippen LogP contribution in [0.1, 0.15) is 21.5 Å². The first kappa shape index (κ1) is 22.2. The first-order chi connectivity index (χ1) is 15.2. The molecular formula is C23H16Cl2F3N3O. The number of carbonyl (C=O) groups is 1. The average Bonchev–Trinajstić information content (AvgIpc) is 3.01. The van der Waals surface area contributed by atoms with Gasteiger partial charge in [0.2, 0.25) is 5.62 Å². The summed E-state index contributed by atoms with van der Waals surface area (Å²) in [6.07, 6.45) is -4.51. The van der Waals surface area contributed by atoms with Crippen LogP contribution in [0.2, 0.25) is 10.0 Å². The molecule has 0 aliphatic rings.